The summed E-state index contributed by atoms with van der Waals surface area (Å²) in [5.74, 6) is -0.121. The number of esters is 1. The van der Waals surface area contributed by atoms with Gasteiger partial charge in [0, 0.05) is 24.7 Å². The average Bonchev–Trinajstić information content (AvgIpc) is 2.34. The fourth-order valence-corrected chi connectivity index (χ4v) is 1.53. The maximum absolute atomic E-state index is 11.2. The molecule has 0 aromatic carbocycles. The molecule has 0 aromatic heterocycles. The van der Waals surface area contributed by atoms with Crippen molar-refractivity contribution in [3.05, 3.63) is 12.2 Å². The van der Waals surface area contributed by atoms with Crippen LogP contribution in [-0.4, -0.2) is 38.5 Å². The zero-order valence-corrected chi connectivity index (χ0v) is 10.7. The van der Waals surface area contributed by atoms with E-state index in [1.165, 1.54) is 0 Å². The summed E-state index contributed by atoms with van der Waals surface area (Å²) in [6, 6.07) is 0. The third kappa shape index (κ3) is 5.84. The van der Waals surface area contributed by atoms with Gasteiger partial charge in [-0.2, -0.15) is 0 Å². The Hall–Kier alpha value is -0.870. The molecule has 1 atom stereocenters. The largest absolute Gasteiger partial charge is 0.462 e. The van der Waals surface area contributed by atoms with Crippen LogP contribution in [0.2, 0.25) is 0 Å². The predicted octanol–water partition coefficient (Wildman–Crippen LogP) is 1.94. The van der Waals surface area contributed by atoms with Gasteiger partial charge in [-0.05, 0) is 19.8 Å². The summed E-state index contributed by atoms with van der Waals surface area (Å²) >= 11 is 0. The quantitative estimate of drug-likeness (QED) is 0.527. The molecule has 1 aliphatic heterocycles. The van der Waals surface area contributed by atoms with Crippen molar-refractivity contribution in [1.82, 2.24) is 0 Å². The molecule has 1 fully saturated rings. The van der Waals surface area contributed by atoms with Gasteiger partial charge in [0.25, 0.3) is 0 Å². The minimum Gasteiger partial charge on any atom is -0.462 e. The van der Waals surface area contributed by atoms with Gasteiger partial charge in [0.05, 0.1) is 19.3 Å². The summed E-state index contributed by atoms with van der Waals surface area (Å²) in [5.41, 5.74) is 0.433. The molecule has 0 spiro atoms. The summed E-state index contributed by atoms with van der Waals surface area (Å²) in [4.78, 5) is 11.2. The van der Waals surface area contributed by atoms with Crippen LogP contribution in [0.5, 0.6) is 0 Å². The first-order valence-corrected chi connectivity index (χ1v) is 6.11. The Labute approximate surface area is 103 Å². The molecule has 98 valence electrons. The maximum atomic E-state index is 11.2. The molecule has 0 aliphatic carbocycles. The lowest BCUT2D eigenvalue weighted by Gasteiger charge is -2.24. The third-order valence-electron chi connectivity index (χ3n) is 2.63. The van der Waals surface area contributed by atoms with E-state index in [0.717, 1.165) is 26.1 Å². The van der Waals surface area contributed by atoms with Gasteiger partial charge in [-0.25, -0.2) is 4.79 Å². The molecule has 0 bridgehead atoms. The van der Waals surface area contributed by atoms with Crippen molar-refractivity contribution in [3.63, 3.8) is 0 Å². The molecular weight excluding hydrogens is 220 g/mol. The summed E-state index contributed by atoms with van der Waals surface area (Å²) in [6.07, 6.45) is 2.21. The topological polar surface area (TPSA) is 44.8 Å². The smallest absolute Gasteiger partial charge is 0.333 e. The zero-order valence-electron chi connectivity index (χ0n) is 10.7. The van der Waals surface area contributed by atoms with Crippen LogP contribution in [0.3, 0.4) is 0 Å². The molecule has 0 amide bonds. The monoisotopic (exact) mass is 242 g/mol. The third-order valence-corrected chi connectivity index (χ3v) is 2.63. The Bertz CT molecular complexity index is 256. The summed E-state index contributed by atoms with van der Waals surface area (Å²) in [7, 11) is 0. The molecule has 1 unspecified atom stereocenters. The Kier molecular flexibility index (Phi) is 6.22. The second-order valence-corrected chi connectivity index (χ2v) is 4.63. The van der Waals surface area contributed by atoms with E-state index in [2.05, 4.69) is 6.58 Å². The van der Waals surface area contributed by atoms with Crippen LogP contribution >= 0.6 is 0 Å². The van der Waals surface area contributed by atoms with Crippen molar-refractivity contribution in [2.75, 3.05) is 26.4 Å². The second kappa shape index (κ2) is 7.45. The fourth-order valence-electron chi connectivity index (χ4n) is 1.53. The van der Waals surface area contributed by atoms with Crippen molar-refractivity contribution >= 4 is 5.97 Å². The lowest BCUT2D eigenvalue weighted by atomic mass is 10.1. The maximum Gasteiger partial charge on any atom is 0.333 e. The first kappa shape index (κ1) is 14.2. The van der Waals surface area contributed by atoms with Crippen LogP contribution in [-0.2, 0) is 19.0 Å². The first-order valence-electron chi connectivity index (χ1n) is 6.11. The van der Waals surface area contributed by atoms with Crippen molar-refractivity contribution in [2.24, 2.45) is 5.92 Å². The van der Waals surface area contributed by atoms with E-state index < -0.39 is 0 Å². The Balaban J connectivity index is 2.09. The summed E-state index contributed by atoms with van der Waals surface area (Å²) in [6.45, 7) is 9.75. The van der Waals surface area contributed by atoms with Crippen LogP contribution in [0.4, 0.5) is 0 Å². The number of rotatable bonds is 6. The van der Waals surface area contributed by atoms with Gasteiger partial charge in [-0.15, -0.1) is 0 Å². The van der Waals surface area contributed by atoms with E-state index >= 15 is 0 Å². The second-order valence-electron chi connectivity index (χ2n) is 4.63. The number of ether oxygens (including phenoxy) is 3. The highest BCUT2D eigenvalue weighted by molar-refractivity contribution is 5.86. The van der Waals surface area contributed by atoms with Crippen molar-refractivity contribution in [1.29, 1.82) is 0 Å². The number of carbonyl (C=O) groups excluding carboxylic acids is 1. The van der Waals surface area contributed by atoms with Gasteiger partial charge in [-0.1, -0.05) is 13.5 Å². The van der Waals surface area contributed by atoms with Gasteiger partial charge in [-0.3, -0.25) is 0 Å². The molecule has 1 saturated heterocycles. The first-order chi connectivity index (χ1) is 8.09. The van der Waals surface area contributed by atoms with E-state index in [-0.39, 0.29) is 11.9 Å². The van der Waals surface area contributed by atoms with Gasteiger partial charge >= 0.3 is 5.97 Å². The molecule has 1 aliphatic rings. The van der Waals surface area contributed by atoms with E-state index in [0.29, 0.717) is 24.9 Å². The van der Waals surface area contributed by atoms with Crippen LogP contribution in [0.15, 0.2) is 12.2 Å². The van der Waals surface area contributed by atoms with Gasteiger partial charge in [0.2, 0.25) is 0 Å². The Morgan fingerprint density at radius 1 is 1.41 bits per heavy atom. The molecule has 17 heavy (non-hydrogen) atoms. The SMILES string of the molecule is C=C(C)C(=O)OCC(C)COC1CCOCC1. The minimum atomic E-state index is -0.331. The van der Waals surface area contributed by atoms with Crippen molar-refractivity contribution < 1.29 is 19.0 Å². The molecule has 4 heteroatoms. The van der Waals surface area contributed by atoms with E-state index in [4.69, 9.17) is 14.2 Å². The Morgan fingerprint density at radius 3 is 2.65 bits per heavy atom. The molecule has 0 N–H and O–H groups in total. The van der Waals surface area contributed by atoms with Crippen LogP contribution < -0.4 is 0 Å². The highest BCUT2D eigenvalue weighted by Crippen LogP contribution is 2.12. The average molecular weight is 242 g/mol. The zero-order chi connectivity index (χ0) is 12.7. The number of hydrogen-bond donors (Lipinski definition) is 0. The highest BCUT2D eigenvalue weighted by Gasteiger charge is 2.16. The molecule has 4 nitrogen and oxygen atoms in total. The van der Waals surface area contributed by atoms with Gasteiger partial charge < -0.3 is 14.2 Å². The number of hydrogen-bond acceptors (Lipinski definition) is 4. The van der Waals surface area contributed by atoms with Crippen LogP contribution in [0.1, 0.15) is 26.7 Å². The van der Waals surface area contributed by atoms with Gasteiger partial charge in [0.1, 0.15) is 0 Å². The molecule has 1 rings (SSSR count). The van der Waals surface area contributed by atoms with Crippen molar-refractivity contribution in [3.8, 4) is 0 Å². The van der Waals surface area contributed by atoms with Crippen molar-refractivity contribution in [2.45, 2.75) is 32.8 Å². The summed E-state index contributed by atoms with van der Waals surface area (Å²) < 4.78 is 16.1. The normalized spacial score (nSPS) is 18.7. The van der Waals surface area contributed by atoms with Gasteiger partial charge in [0.15, 0.2) is 0 Å². The fraction of sp³-hybridized carbons (Fsp3) is 0.769. The van der Waals surface area contributed by atoms with E-state index in [1.54, 1.807) is 6.92 Å². The highest BCUT2D eigenvalue weighted by atomic mass is 16.5. The molecular formula is C13H22O4. The van der Waals surface area contributed by atoms with Crippen LogP contribution in [0.25, 0.3) is 0 Å². The molecule has 0 aromatic rings. The van der Waals surface area contributed by atoms with E-state index in [9.17, 15) is 4.79 Å². The lowest BCUT2D eigenvalue weighted by molar-refractivity contribution is -0.141. The molecule has 1 heterocycles. The standard InChI is InChI=1S/C13H22O4/c1-10(2)13(14)17-9-11(3)8-16-12-4-6-15-7-5-12/h11-12H,1,4-9H2,2-3H3. The summed E-state index contributed by atoms with van der Waals surface area (Å²) in [5, 5.41) is 0. The molecule has 0 saturated carbocycles. The van der Waals surface area contributed by atoms with E-state index in [1.807, 2.05) is 6.92 Å². The van der Waals surface area contributed by atoms with Crippen LogP contribution in [0, 0.1) is 5.92 Å². The predicted molar refractivity (Wildman–Crippen MR) is 64.7 cm³/mol. The Morgan fingerprint density at radius 2 is 2.06 bits per heavy atom. The molecule has 0 radical (unpaired) electrons. The lowest BCUT2D eigenvalue weighted by Crippen LogP contribution is -2.26. The number of carbonyl (C=O) groups is 1. The minimum absolute atomic E-state index is 0.209.